The third-order valence-corrected chi connectivity index (χ3v) is 6.27. The largest absolute Gasteiger partial charge is 0.354 e. The average molecular weight is 334 g/mol. The van der Waals surface area contributed by atoms with Gasteiger partial charge in [-0.25, -0.2) is 31.5 Å². The first kappa shape index (κ1) is 16.1. The lowest BCUT2D eigenvalue weighted by atomic mass is 10.3. The lowest BCUT2D eigenvalue weighted by Gasteiger charge is -2.11. The summed E-state index contributed by atoms with van der Waals surface area (Å²) in [5.41, 5.74) is 0. The van der Waals surface area contributed by atoms with Crippen molar-refractivity contribution in [2.24, 2.45) is 0 Å². The number of nitrogens with zero attached hydrogens (tertiary/aromatic N) is 2. The number of nitrogens with one attached hydrogen (secondary N) is 2. The molecule has 0 amide bonds. The van der Waals surface area contributed by atoms with Gasteiger partial charge in [0.05, 0.1) is 23.9 Å². The van der Waals surface area contributed by atoms with Crippen LogP contribution in [0.4, 0.5) is 5.95 Å². The van der Waals surface area contributed by atoms with Gasteiger partial charge in [-0.2, -0.15) is 0 Å². The van der Waals surface area contributed by atoms with E-state index in [9.17, 15) is 16.8 Å². The number of hydrogen-bond donors (Lipinski definition) is 2. The van der Waals surface area contributed by atoms with Crippen molar-refractivity contribution in [3.63, 3.8) is 0 Å². The number of aromatic nitrogens is 2. The van der Waals surface area contributed by atoms with Crippen LogP contribution in [-0.2, 0) is 19.9 Å². The molecule has 2 N–H and O–H groups in total. The molecule has 1 aromatic heterocycles. The van der Waals surface area contributed by atoms with E-state index in [4.69, 9.17) is 0 Å². The van der Waals surface area contributed by atoms with Crippen molar-refractivity contribution >= 4 is 25.8 Å². The fraction of sp³-hybridized carbons (Fsp3) is 0.636. The SMILES string of the molecule is CCCNc1ncc(S(=O)(=O)NC2CCS(=O)(=O)C2)cn1. The summed E-state index contributed by atoms with van der Waals surface area (Å²) < 4.78 is 49.3. The summed E-state index contributed by atoms with van der Waals surface area (Å²) in [5, 5.41) is 2.94. The fourth-order valence-corrected chi connectivity index (χ4v) is 4.90. The molecule has 2 rings (SSSR count). The van der Waals surface area contributed by atoms with E-state index in [-0.39, 0.29) is 16.4 Å². The predicted molar refractivity (Wildman–Crippen MR) is 78.2 cm³/mol. The molecule has 0 aliphatic carbocycles. The summed E-state index contributed by atoms with van der Waals surface area (Å²) in [4.78, 5) is 7.78. The van der Waals surface area contributed by atoms with Crippen molar-refractivity contribution in [1.82, 2.24) is 14.7 Å². The summed E-state index contributed by atoms with van der Waals surface area (Å²) in [6.07, 6.45) is 3.60. The van der Waals surface area contributed by atoms with E-state index in [2.05, 4.69) is 20.0 Å². The van der Waals surface area contributed by atoms with Crippen LogP contribution >= 0.6 is 0 Å². The van der Waals surface area contributed by atoms with Crippen LogP contribution in [0.2, 0.25) is 0 Å². The van der Waals surface area contributed by atoms with Crippen molar-refractivity contribution in [2.45, 2.75) is 30.7 Å². The second-order valence-corrected chi connectivity index (χ2v) is 8.83. The van der Waals surface area contributed by atoms with E-state index < -0.39 is 25.9 Å². The highest BCUT2D eigenvalue weighted by Crippen LogP contribution is 2.15. The van der Waals surface area contributed by atoms with Gasteiger partial charge in [0.2, 0.25) is 16.0 Å². The Hall–Kier alpha value is -1.26. The molecule has 0 radical (unpaired) electrons. The maximum absolute atomic E-state index is 12.1. The second-order valence-electron chi connectivity index (χ2n) is 4.89. The van der Waals surface area contributed by atoms with Crippen molar-refractivity contribution < 1.29 is 16.8 Å². The van der Waals surface area contributed by atoms with Gasteiger partial charge in [0, 0.05) is 12.6 Å². The third-order valence-electron chi connectivity index (χ3n) is 3.03. The van der Waals surface area contributed by atoms with Crippen LogP contribution in [0, 0.1) is 0 Å². The fourth-order valence-electron chi connectivity index (χ4n) is 1.96. The predicted octanol–water partition coefficient (Wildman–Crippen LogP) is -0.236. The molecular weight excluding hydrogens is 316 g/mol. The molecule has 8 nitrogen and oxygen atoms in total. The molecule has 1 saturated heterocycles. The Labute approximate surface area is 124 Å². The molecule has 1 unspecified atom stereocenters. The summed E-state index contributed by atoms with van der Waals surface area (Å²) in [6, 6.07) is -0.585. The maximum Gasteiger partial charge on any atom is 0.243 e. The van der Waals surface area contributed by atoms with Gasteiger partial charge in [-0.15, -0.1) is 0 Å². The monoisotopic (exact) mass is 334 g/mol. The Morgan fingerprint density at radius 1 is 1.33 bits per heavy atom. The molecule has 0 bridgehead atoms. The molecule has 0 saturated carbocycles. The lowest BCUT2D eigenvalue weighted by molar-refractivity contribution is 0.561. The van der Waals surface area contributed by atoms with Crippen LogP contribution in [0.5, 0.6) is 0 Å². The van der Waals surface area contributed by atoms with E-state index in [1.54, 1.807) is 0 Å². The Balaban J connectivity index is 2.06. The van der Waals surface area contributed by atoms with E-state index in [1.807, 2.05) is 6.92 Å². The highest BCUT2D eigenvalue weighted by molar-refractivity contribution is 7.92. The van der Waals surface area contributed by atoms with Crippen molar-refractivity contribution in [1.29, 1.82) is 0 Å². The molecule has 0 aromatic carbocycles. The Morgan fingerprint density at radius 2 is 2.00 bits per heavy atom. The zero-order valence-electron chi connectivity index (χ0n) is 11.6. The highest BCUT2D eigenvalue weighted by atomic mass is 32.2. The highest BCUT2D eigenvalue weighted by Gasteiger charge is 2.31. The Kier molecular flexibility index (Phi) is 4.79. The smallest absolute Gasteiger partial charge is 0.243 e. The van der Waals surface area contributed by atoms with Crippen LogP contribution in [0.15, 0.2) is 17.3 Å². The average Bonchev–Trinajstić information content (AvgIpc) is 2.75. The van der Waals surface area contributed by atoms with Gasteiger partial charge in [0.15, 0.2) is 9.84 Å². The van der Waals surface area contributed by atoms with Crippen molar-refractivity contribution in [2.75, 3.05) is 23.4 Å². The third kappa shape index (κ3) is 4.35. The zero-order chi connectivity index (χ0) is 15.5. The van der Waals surface area contributed by atoms with Crippen LogP contribution in [-0.4, -0.2) is 50.9 Å². The van der Waals surface area contributed by atoms with Crippen LogP contribution in [0.25, 0.3) is 0 Å². The number of sulfone groups is 1. The standard InChI is InChI=1S/C11H18N4O4S2/c1-2-4-12-11-13-6-10(7-14-11)21(18,19)15-9-3-5-20(16,17)8-9/h6-7,9,15H,2-5,8H2,1H3,(H,12,13,14). The molecular formula is C11H18N4O4S2. The van der Waals surface area contributed by atoms with E-state index in [0.717, 1.165) is 6.42 Å². The maximum atomic E-state index is 12.1. The molecule has 21 heavy (non-hydrogen) atoms. The van der Waals surface area contributed by atoms with Gasteiger partial charge >= 0.3 is 0 Å². The molecule has 10 heteroatoms. The topological polar surface area (TPSA) is 118 Å². The summed E-state index contributed by atoms with van der Waals surface area (Å²) in [6.45, 7) is 2.69. The first-order valence-corrected chi connectivity index (χ1v) is 9.91. The lowest BCUT2D eigenvalue weighted by Crippen LogP contribution is -2.35. The van der Waals surface area contributed by atoms with E-state index >= 15 is 0 Å². The van der Waals surface area contributed by atoms with Gasteiger partial charge < -0.3 is 5.32 Å². The molecule has 1 aromatic rings. The molecule has 2 heterocycles. The minimum absolute atomic E-state index is 0.0105. The van der Waals surface area contributed by atoms with Crippen molar-refractivity contribution in [3.05, 3.63) is 12.4 Å². The van der Waals surface area contributed by atoms with E-state index in [0.29, 0.717) is 18.9 Å². The van der Waals surface area contributed by atoms with E-state index in [1.165, 1.54) is 12.4 Å². The zero-order valence-corrected chi connectivity index (χ0v) is 13.2. The van der Waals surface area contributed by atoms with Gasteiger partial charge in [-0.3, -0.25) is 0 Å². The summed E-state index contributed by atoms with van der Waals surface area (Å²) >= 11 is 0. The number of sulfonamides is 1. The Bertz CT molecular complexity index is 685. The normalized spacial score (nSPS) is 21.3. The second kappa shape index (κ2) is 6.24. The minimum atomic E-state index is -3.80. The quantitative estimate of drug-likeness (QED) is 0.737. The molecule has 1 aliphatic heterocycles. The number of rotatable bonds is 6. The minimum Gasteiger partial charge on any atom is -0.354 e. The summed E-state index contributed by atoms with van der Waals surface area (Å²) in [7, 11) is -6.93. The number of anilines is 1. The molecule has 1 aliphatic rings. The van der Waals surface area contributed by atoms with Crippen LogP contribution < -0.4 is 10.0 Å². The molecule has 1 atom stereocenters. The van der Waals surface area contributed by atoms with Crippen LogP contribution in [0.3, 0.4) is 0 Å². The first-order chi connectivity index (χ1) is 9.82. The van der Waals surface area contributed by atoms with Gasteiger partial charge in [0.25, 0.3) is 0 Å². The van der Waals surface area contributed by atoms with Crippen LogP contribution in [0.1, 0.15) is 19.8 Å². The molecule has 1 fully saturated rings. The Morgan fingerprint density at radius 3 is 2.52 bits per heavy atom. The van der Waals surface area contributed by atoms with Crippen molar-refractivity contribution in [3.8, 4) is 0 Å². The molecule has 0 spiro atoms. The van der Waals surface area contributed by atoms with Gasteiger partial charge in [0.1, 0.15) is 4.90 Å². The molecule has 118 valence electrons. The first-order valence-electron chi connectivity index (χ1n) is 6.61. The number of hydrogen-bond acceptors (Lipinski definition) is 7. The van der Waals surface area contributed by atoms with Gasteiger partial charge in [-0.1, -0.05) is 6.92 Å². The summed E-state index contributed by atoms with van der Waals surface area (Å²) in [5.74, 6) is 0.207. The van der Waals surface area contributed by atoms with Gasteiger partial charge in [-0.05, 0) is 12.8 Å².